The summed E-state index contributed by atoms with van der Waals surface area (Å²) in [5.41, 5.74) is 14.0. The number of nitrogens with zero attached hydrogens (tertiary/aromatic N) is 1. The normalized spacial score (nSPS) is 10.7. The molecular weight excluding hydrogens is 208 g/mol. The third-order valence-electron chi connectivity index (χ3n) is 2.00. The summed E-state index contributed by atoms with van der Waals surface area (Å²) in [5, 5.41) is 0. The van der Waals surface area contributed by atoms with Gasteiger partial charge in [0, 0.05) is 11.4 Å². The minimum absolute atomic E-state index is 0.413. The Balaban J connectivity index is 2.56. The summed E-state index contributed by atoms with van der Waals surface area (Å²) in [6.45, 7) is 3.68. The standard InChI is InChI=1S/C10H12N4S/c1-2-5-15-9-6(11)3-4-7-8(9)14-10(12)13-7/h2-4H,1,5,11H2,(H3,12,13,14). The molecule has 0 unspecified atom stereocenters. The van der Waals surface area contributed by atoms with E-state index in [0.717, 1.165) is 27.4 Å². The minimum Gasteiger partial charge on any atom is -0.398 e. The Bertz CT molecular complexity index is 503. The van der Waals surface area contributed by atoms with E-state index in [0.29, 0.717) is 5.95 Å². The van der Waals surface area contributed by atoms with Gasteiger partial charge in [-0.15, -0.1) is 18.3 Å². The molecule has 0 saturated carbocycles. The van der Waals surface area contributed by atoms with Crippen LogP contribution in [0.3, 0.4) is 0 Å². The van der Waals surface area contributed by atoms with Crippen LogP contribution in [0.4, 0.5) is 11.6 Å². The number of imidazole rings is 1. The van der Waals surface area contributed by atoms with Crippen LogP contribution in [0.1, 0.15) is 0 Å². The van der Waals surface area contributed by atoms with Crippen molar-refractivity contribution in [2.75, 3.05) is 17.2 Å². The number of nitrogens with one attached hydrogen (secondary N) is 1. The molecule has 0 aliphatic heterocycles. The fourth-order valence-corrected chi connectivity index (χ4v) is 2.19. The molecule has 1 heterocycles. The van der Waals surface area contributed by atoms with Gasteiger partial charge in [-0.05, 0) is 12.1 Å². The number of hydrogen-bond donors (Lipinski definition) is 3. The first-order valence-corrected chi connectivity index (χ1v) is 5.48. The van der Waals surface area contributed by atoms with E-state index in [1.807, 2.05) is 18.2 Å². The Morgan fingerprint density at radius 2 is 2.27 bits per heavy atom. The molecular formula is C10H12N4S. The van der Waals surface area contributed by atoms with E-state index < -0.39 is 0 Å². The van der Waals surface area contributed by atoms with E-state index in [2.05, 4.69) is 16.5 Å². The molecule has 5 N–H and O–H groups in total. The first-order chi connectivity index (χ1) is 7.22. The number of aromatic nitrogens is 2. The lowest BCUT2D eigenvalue weighted by atomic mass is 10.3. The maximum Gasteiger partial charge on any atom is 0.198 e. The van der Waals surface area contributed by atoms with Crippen LogP contribution in [0.25, 0.3) is 11.0 Å². The molecule has 2 aromatic rings. The predicted octanol–water partition coefficient (Wildman–Crippen LogP) is 2.01. The van der Waals surface area contributed by atoms with Gasteiger partial charge in [0.2, 0.25) is 0 Å². The molecule has 0 saturated heterocycles. The zero-order valence-electron chi connectivity index (χ0n) is 8.16. The molecule has 1 aromatic heterocycles. The molecule has 0 amide bonds. The number of aromatic amines is 1. The maximum absolute atomic E-state index is 5.89. The van der Waals surface area contributed by atoms with Crippen molar-refractivity contribution in [1.29, 1.82) is 0 Å². The molecule has 0 bridgehead atoms. The van der Waals surface area contributed by atoms with Crippen LogP contribution in [0.2, 0.25) is 0 Å². The average molecular weight is 220 g/mol. The van der Waals surface area contributed by atoms with Gasteiger partial charge in [0.1, 0.15) is 5.52 Å². The van der Waals surface area contributed by atoms with Crippen LogP contribution in [-0.4, -0.2) is 15.7 Å². The average Bonchev–Trinajstić information content (AvgIpc) is 2.57. The van der Waals surface area contributed by atoms with E-state index in [-0.39, 0.29) is 0 Å². The minimum atomic E-state index is 0.413. The van der Waals surface area contributed by atoms with Gasteiger partial charge >= 0.3 is 0 Å². The largest absolute Gasteiger partial charge is 0.398 e. The highest BCUT2D eigenvalue weighted by Crippen LogP contribution is 2.32. The summed E-state index contributed by atoms with van der Waals surface area (Å²) in [6, 6.07) is 3.73. The van der Waals surface area contributed by atoms with Crippen LogP contribution >= 0.6 is 11.8 Å². The van der Waals surface area contributed by atoms with E-state index in [9.17, 15) is 0 Å². The third-order valence-corrected chi connectivity index (χ3v) is 3.12. The Kier molecular flexibility index (Phi) is 2.55. The van der Waals surface area contributed by atoms with Crippen LogP contribution in [0.5, 0.6) is 0 Å². The Labute approximate surface area is 91.7 Å². The zero-order valence-corrected chi connectivity index (χ0v) is 8.97. The number of nitrogen functional groups attached to an aromatic ring is 2. The van der Waals surface area contributed by atoms with Crippen molar-refractivity contribution in [3.05, 3.63) is 24.8 Å². The van der Waals surface area contributed by atoms with Crippen molar-refractivity contribution < 1.29 is 0 Å². The van der Waals surface area contributed by atoms with E-state index in [1.54, 1.807) is 11.8 Å². The number of H-pyrrole nitrogens is 1. The molecule has 2 rings (SSSR count). The third kappa shape index (κ3) is 1.78. The number of benzene rings is 1. The van der Waals surface area contributed by atoms with Crippen molar-refractivity contribution in [2.45, 2.75) is 4.90 Å². The second kappa shape index (κ2) is 3.86. The lowest BCUT2D eigenvalue weighted by Gasteiger charge is -2.03. The number of thioether (sulfide) groups is 1. The van der Waals surface area contributed by atoms with Crippen LogP contribution in [0, 0.1) is 0 Å². The van der Waals surface area contributed by atoms with Gasteiger partial charge in [0.15, 0.2) is 5.95 Å². The first kappa shape index (κ1) is 9.92. The molecule has 0 fully saturated rings. The number of hydrogen-bond acceptors (Lipinski definition) is 4. The van der Waals surface area contributed by atoms with E-state index in [1.165, 1.54) is 0 Å². The molecule has 0 aliphatic carbocycles. The summed E-state index contributed by atoms with van der Waals surface area (Å²) >= 11 is 1.61. The topological polar surface area (TPSA) is 80.7 Å². The summed E-state index contributed by atoms with van der Waals surface area (Å²) in [7, 11) is 0. The lowest BCUT2D eigenvalue weighted by molar-refractivity contribution is 1.34. The van der Waals surface area contributed by atoms with Crippen LogP contribution < -0.4 is 11.5 Å². The van der Waals surface area contributed by atoms with Gasteiger partial charge < -0.3 is 16.5 Å². The summed E-state index contributed by atoms with van der Waals surface area (Å²) in [5.74, 6) is 1.21. The summed E-state index contributed by atoms with van der Waals surface area (Å²) in [6.07, 6.45) is 1.83. The highest BCUT2D eigenvalue weighted by Gasteiger charge is 2.09. The fraction of sp³-hybridized carbons (Fsp3) is 0.100. The van der Waals surface area contributed by atoms with Crippen LogP contribution in [-0.2, 0) is 0 Å². The van der Waals surface area contributed by atoms with E-state index in [4.69, 9.17) is 11.5 Å². The first-order valence-electron chi connectivity index (χ1n) is 4.49. The Morgan fingerprint density at radius 1 is 1.47 bits per heavy atom. The van der Waals surface area contributed by atoms with Gasteiger partial charge in [0.05, 0.1) is 10.4 Å². The van der Waals surface area contributed by atoms with Crippen molar-refractivity contribution in [1.82, 2.24) is 9.97 Å². The Morgan fingerprint density at radius 3 is 3.00 bits per heavy atom. The number of nitrogens with two attached hydrogens (primary N) is 2. The molecule has 0 radical (unpaired) electrons. The van der Waals surface area contributed by atoms with Gasteiger partial charge in [-0.3, -0.25) is 0 Å². The van der Waals surface area contributed by atoms with Crippen molar-refractivity contribution in [2.24, 2.45) is 0 Å². The highest BCUT2D eigenvalue weighted by atomic mass is 32.2. The number of anilines is 2. The van der Waals surface area contributed by atoms with Crippen molar-refractivity contribution in [3.8, 4) is 0 Å². The van der Waals surface area contributed by atoms with Crippen molar-refractivity contribution >= 4 is 34.4 Å². The van der Waals surface area contributed by atoms with Gasteiger partial charge in [-0.25, -0.2) is 4.98 Å². The number of fused-ring (bicyclic) bond motifs is 1. The quantitative estimate of drug-likeness (QED) is 0.420. The summed E-state index contributed by atoms with van der Waals surface area (Å²) < 4.78 is 0. The molecule has 78 valence electrons. The molecule has 1 aromatic carbocycles. The summed E-state index contributed by atoms with van der Waals surface area (Å²) in [4.78, 5) is 8.15. The smallest absolute Gasteiger partial charge is 0.198 e. The molecule has 15 heavy (non-hydrogen) atoms. The Hall–Kier alpha value is -1.62. The van der Waals surface area contributed by atoms with E-state index >= 15 is 0 Å². The molecule has 5 heteroatoms. The predicted molar refractivity (Wildman–Crippen MR) is 65.8 cm³/mol. The zero-order chi connectivity index (χ0) is 10.8. The molecule has 0 spiro atoms. The van der Waals surface area contributed by atoms with Gasteiger partial charge in [0.25, 0.3) is 0 Å². The monoisotopic (exact) mass is 220 g/mol. The molecule has 0 aliphatic rings. The number of rotatable bonds is 3. The van der Waals surface area contributed by atoms with Crippen molar-refractivity contribution in [3.63, 3.8) is 0 Å². The second-order valence-corrected chi connectivity index (χ2v) is 4.13. The van der Waals surface area contributed by atoms with Gasteiger partial charge in [-0.1, -0.05) is 6.08 Å². The maximum atomic E-state index is 5.89. The second-order valence-electron chi connectivity index (χ2n) is 3.10. The van der Waals surface area contributed by atoms with Crippen LogP contribution in [0.15, 0.2) is 29.7 Å². The molecule has 4 nitrogen and oxygen atoms in total. The fourth-order valence-electron chi connectivity index (χ4n) is 1.38. The lowest BCUT2D eigenvalue weighted by Crippen LogP contribution is -1.90. The van der Waals surface area contributed by atoms with Gasteiger partial charge in [-0.2, -0.15) is 0 Å². The highest BCUT2D eigenvalue weighted by molar-refractivity contribution is 7.99. The SMILES string of the molecule is C=CCSc1c(N)ccc2[nH]c(N)nc12. The molecule has 0 atom stereocenters.